The van der Waals surface area contributed by atoms with Crippen LogP contribution >= 0.6 is 22.9 Å². The highest BCUT2D eigenvalue weighted by molar-refractivity contribution is 7.18. The quantitative estimate of drug-likeness (QED) is 0.0237. The molecule has 3 aromatic carbocycles. The summed E-state index contributed by atoms with van der Waals surface area (Å²) >= 11 is 7.24. The van der Waals surface area contributed by atoms with Gasteiger partial charge in [-0.25, -0.2) is 0 Å². The lowest BCUT2D eigenvalue weighted by Crippen LogP contribution is -2.31. The maximum Gasteiger partial charge on any atom is 0.314 e. The van der Waals surface area contributed by atoms with Crippen LogP contribution in [-0.4, -0.2) is 75.6 Å². The highest BCUT2D eigenvalue weighted by atomic mass is 35.5. The van der Waals surface area contributed by atoms with Gasteiger partial charge in [0.25, 0.3) is 0 Å². The molecular weight excluding hydrogens is 1060 g/mol. The lowest BCUT2D eigenvalue weighted by Gasteiger charge is -2.34. The minimum absolute atomic E-state index is 0.100. The fourth-order valence-electron chi connectivity index (χ4n) is 11.1. The van der Waals surface area contributed by atoms with Crippen LogP contribution in [0.3, 0.4) is 0 Å². The number of esters is 6. The highest BCUT2D eigenvalue weighted by Gasteiger charge is 2.37. The molecule has 17 heteroatoms. The number of ketones is 1. The zero-order valence-corrected chi connectivity index (χ0v) is 48.6. The van der Waals surface area contributed by atoms with E-state index in [0.29, 0.717) is 122 Å². The molecule has 0 bridgehead atoms. The summed E-state index contributed by atoms with van der Waals surface area (Å²) in [5.74, 6) is -3.68. The average Bonchev–Trinajstić information content (AvgIpc) is 3.91. The Bertz CT molecular complexity index is 2840. The van der Waals surface area contributed by atoms with Crippen molar-refractivity contribution < 1.29 is 71.5 Å². The van der Waals surface area contributed by atoms with Crippen molar-refractivity contribution in [2.75, 3.05) is 34.0 Å². The summed E-state index contributed by atoms with van der Waals surface area (Å²) in [6.45, 7) is 11.7. The number of methoxy groups -OCH3 is 2. The molecule has 0 saturated heterocycles. The molecule has 0 unspecified atom stereocenters. The van der Waals surface area contributed by atoms with Crippen molar-refractivity contribution in [1.82, 2.24) is 0 Å². The first-order valence-corrected chi connectivity index (χ1v) is 29.0. The first-order chi connectivity index (χ1) is 38.2. The molecule has 0 amide bonds. The number of allylic oxidation sites excluding steroid dienone is 1. The number of carbonyl (C=O) groups excluding carboxylic acids is 7. The van der Waals surface area contributed by atoms with E-state index in [1.165, 1.54) is 30.4 Å². The van der Waals surface area contributed by atoms with Crippen LogP contribution in [0.15, 0.2) is 78.9 Å². The number of ether oxygens (including phenoxy) is 8. The molecule has 3 aliphatic carbocycles. The van der Waals surface area contributed by atoms with Crippen LogP contribution in [0.5, 0.6) is 28.7 Å². The summed E-state index contributed by atoms with van der Waals surface area (Å²) in [6, 6.07) is 20.3. The van der Waals surface area contributed by atoms with Crippen LogP contribution in [0.2, 0.25) is 4.34 Å². The molecule has 0 aliphatic heterocycles. The van der Waals surface area contributed by atoms with Gasteiger partial charge in [0.1, 0.15) is 35.4 Å². The molecule has 0 spiro atoms. The molecule has 3 saturated carbocycles. The second-order valence-corrected chi connectivity index (χ2v) is 24.8. The van der Waals surface area contributed by atoms with Crippen LogP contribution in [0.4, 0.5) is 0 Å². The Kier molecular flexibility index (Phi) is 21.9. The maximum atomic E-state index is 14.0. The van der Waals surface area contributed by atoms with E-state index in [1.54, 1.807) is 56.7 Å². The van der Waals surface area contributed by atoms with Crippen molar-refractivity contribution in [2.45, 2.75) is 130 Å². The second kappa shape index (κ2) is 28.5. The number of thiophene rings is 1. The molecule has 3 aliphatic rings. The summed E-state index contributed by atoms with van der Waals surface area (Å²) < 4.78 is 45.6. The van der Waals surface area contributed by atoms with Crippen LogP contribution < -0.4 is 23.7 Å². The Morgan fingerprint density at radius 2 is 0.950 bits per heavy atom. The number of rotatable bonds is 22. The number of carbonyl (C=O) groups is 7. The standard InChI is InChI=1S/C63H75ClO15S/c1-62(2,3)38-63(4,5)50-37-49(77-59(69)42-12-10-40(11-13-42)56(66)74-35-34-73-7)26-29-53(50)79-61(71)45-20-18-44(19-21-45)60(70)78-52-28-25-48(36-46(52)22-27-51(65)54-30-31-55(64)80-54)76-58(68)43-16-14-41(15-17-43)57(67)75-47-23-8-39(9-24-47)32-33-72-6/h8-9,22-31,36-37,40-45H,10-21,32-35,38H2,1-7H3/b27-22+. The summed E-state index contributed by atoms with van der Waals surface area (Å²) in [6.07, 6.45) is 9.58. The van der Waals surface area contributed by atoms with Gasteiger partial charge in [-0.1, -0.05) is 58.4 Å². The summed E-state index contributed by atoms with van der Waals surface area (Å²) in [4.78, 5) is 94.0. The normalized spacial score (nSPS) is 20.6. The van der Waals surface area contributed by atoms with Gasteiger partial charge < -0.3 is 37.9 Å². The van der Waals surface area contributed by atoms with E-state index >= 15 is 0 Å². The van der Waals surface area contributed by atoms with Crippen molar-refractivity contribution in [3.05, 3.63) is 105 Å². The van der Waals surface area contributed by atoms with Gasteiger partial charge in [-0.2, -0.15) is 0 Å². The van der Waals surface area contributed by atoms with E-state index in [2.05, 4.69) is 34.6 Å². The zero-order valence-electron chi connectivity index (χ0n) is 47.0. The molecule has 0 atom stereocenters. The van der Waals surface area contributed by atoms with Gasteiger partial charge in [0.2, 0.25) is 0 Å². The molecule has 1 aromatic heterocycles. The molecule has 0 radical (unpaired) electrons. The van der Waals surface area contributed by atoms with Gasteiger partial charge in [0, 0.05) is 25.3 Å². The van der Waals surface area contributed by atoms with Gasteiger partial charge in [-0.15, -0.1) is 11.3 Å². The van der Waals surface area contributed by atoms with E-state index in [-0.39, 0.29) is 65.0 Å². The first kappa shape index (κ1) is 61.4. The van der Waals surface area contributed by atoms with Gasteiger partial charge in [-0.05, 0) is 179 Å². The summed E-state index contributed by atoms with van der Waals surface area (Å²) in [5, 5.41) is 0. The van der Waals surface area contributed by atoms with E-state index < -0.39 is 41.1 Å². The highest BCUT2D eigenvalue weighted by Crippen LogP contribution is 2.44. The number of benzene rings is 3. The minimum Gasteiger partial charge on any atom is -0.463 e. The van der Waals surface area contributed by atoms with E-state index in [1.807, 2.05) is 12.1 Å². The first-order valence-electron chi connectivity index (χ1n) is 27.8. The zero-order chi connectivity index (χ0) is 57.6. The molecule has 430 valence electrons. The van der Waals surface area contributed by atoms with Crippen LogP contribution in [0.25, 0.3) is 6.08 Å². The largest absolute Gasteiger partial charge is 0.463 e. The lowest BCUT2D eigenvalue weighted by molar-refractivity contribution is -0.153. The van der Waals surface area contributed by atoms with Gasteiger partial charge in [0.15, 0.2) is 5.78 Å². The average molecular weight is 1140 g/mol. The third kappa shape index (κ3) is 17.6. The Balaban J connectivity index is 0.953. The molecule has 7 rings (SSSR count). The van der Waals surface area contributed by atoms with E-state index in [9.17, 15) is 33.6 Å². The second-order valence-electron chi connectivity index (χ2n) is 23.1. The fourth-order valence-corrected chi connectivity index (χ4v) is 12.0. The molecule has 3 fully saturated rings. The third-order valence-electron chi connectivity index (χ3n) is 15.2. The Hall–Kier alpha value is -6.20. The van der Waals surface area contributed by atoms with Crippen molar-refractivity contribution in [3.63, 3.8) is 0 Å². The minimum atomic E-state index is -0.540. The SMILES string of the molecule is COCCOC(=O)C1CCC(C(=O)Oc2ccc(OC(=O)C3CCC(C(=O)Oc4ccc(OC(=O)C5CCC(C(=O)Oc6ccc(CCOC)cc6)CC5)cc4/C=C/C(=O)c4ccc(Cl)s4)CC3)c(C(C)(C)CC(C)(C)C)c2)CC1. The Morgan fingerprint density at radius 1 is 0.512 bits per heavy atom. The van der Waals surface area contributed by atoms with E-state index in [0.717, 1.165) is 35.3 Å². The van der Waals surface area contributed by atoms with Crippen molar-refractivity contribution in [3.8, 4) is 28.7 Å². The number of halogens is 1. The Labute approximate surface area is 478 Å². The Morgan fingerprint density at radius 3 is 1.43 bits per heavy atom. The van der Waals surface area contributed by atoms with Crippen molar-refractivity contribution in [2.24, 2.45) is 40.9 Å². The number of hydrogen-bond acceptors (Lipinski definition) is 16. The van der Waals surface area contributed by atoms with Crippen molar-refractivity contribution >= 4 is 70.6 Å². The van der Waals surface area contributed by atoms with E-state index in [4.69, 9.17) is 49.5 Å². The van der Waals surface area contributed by atoms with Crippen LogP contribution in [0.1, 0.15) is 144 Å². The smallest absolute Gasteiger partial charge is 0.314 e. The molecular formula is C63H75ClO15S. The summed E-state index contributed by atoms with van der Waals surface area (Å²) in [5.41, 5.74) is 1.51. The maximum absolute atomic E-state index is 14.0. The molecule has 1 heterocycles. The topological polar surface area (TPSA) is 193 Å². The van der Waals surface area contributed by atoms with Crippen LogP contribution in [-0.2, 0) is 54.8 Å². The number of hydrogen-bond donors (Lipinski definition) is 0. The van der Waals surface area contributed by atoms with Crippen LogP contribution in [0, 0.1) is 40.9 Å². The third-order valence-corrected chi connectivity index (χ3v) is 16.4. The molecule has 4 aromatic rings. The fraction of sp³-hybridized carbons (Fsp3) is 0.508. The predicted molar refractivity (Wildman–Crippen MR) is 302 cm³/mol. The molecule has 80 heavy (non-hydrogen) atoms. The monoisotopic (exact) mass is 1140 g/mol. The lowest BCUT2D eigenvalue weighted by atomic mass is 9.72. The predicted octanol–water partition coefficient (Wildman–Crippen LogP) is 12.7. The van der Waals surface area contributed by atoms with Gasteiger partial charge >= 0.3 is 35.8 Å². The van der Waals surface area contributed by atoms with Gasteiger partial charge in [0.05, 0.1) is 57.9 Å². The summed E-state index contributed by atoms with van der Waals surface area (Å²) in [7, 11) is 3.19. The molecule has 15 nitrogen and oxygen atoms in total. The molecule has 0 N–H and O–H groups in total. The van der Waals surface area contributed by atoms with Crippen molar-refractivity contribution in [1.29, 1.82) is 0 Å². The van der Waals surface area contributed by atoms with Gasteiger partial charge in [-0.3, -0.25) is 33.6 Å².